The van der Waals surface area contributed by atoms with Crippen LogP contribution in [-0.2, 0) is 15.3 Å². The summed E-state index contributed by atoms with van der Waals surface area (Å²) in [6, 6.07) is 9.58. The summed E-state index contributed by atoms with van der Waals surface area (Å²) in [7, 11) is 0. The van der Waals surface area contributed by atoms with Gasteiger partial charge in [0.1, 0.15) is 0 Å². The Labute approximate surface area is 111 Å². The van der Waals surface area contributed by atoms with Gasteiger partial charge in [-0.25, -0.2) is 0 Å². The molecule has 1 amide bonds. The number of nitrogens with one attached hydrogen (secondary N) is 1. The van der Waals surface area contributed by atoms with Gasteiger partial charge in [-0.05, 0) is 12.5 Å². The molecule has 1 aromatic rings. The van der Waals surface area contributed by atoms with Crippen LogP contribution in [0.3, 0.4) is 0 Å². The highest BCUT2D eigenvalue weighted by molar-refractivity contribution is 7.99. The molecule has 0 saturated heterocycles. The molecule has 1 rings (SSSR count). The molecule has 0 saturated carbocycles. The van der Waals surface area contributed by atoms with Crippen LogP contribution in [0.2, 0.25) is 0 Å². The molecule has 98 valence electrons. The van der Waals surface area contributed by atoms with Gasteiger partial charge in [0.05, 0.1) is 12.2 Å². The lowest BCUT2D eigenvalue weighted by atomic mass is 10.2. The van der Waals surface area contributed by atoms with Crippen LogP contribution in [0.5, 0.6) is 0 Å². The summed E-state index contributed by atoms with van der Waals surface area (Å²) in [5.41, 5.74) is 1.17. The van der Waals surface area contributed by atoms with Gasteiger partial charge in [-0.3, -0.25) is 9.59 Å². The van der Waals surface area contributed by atoms with Crippen LogP contribution in [0.1, 0.15) is 18.9 Å². The zero-order chi connectivity index (χ0) is 13.4. The van der Waals surface area contributed by atoms with Crippen LogP contribution in [0.4, 0.5) is 0 Å². The number of aliphatic carboxylic acids is 1. The number of rotatable bonds is 7. The largest absolute Gasteiger partial charge is 0.481 e. The number of hydrogen-bond acceptors (Lipinski definition) is 3. The van der Waals surface area contributed by atoms with E-state index in [0.29, 0.717) is 5.75 Å². The number of amides is 1. The Balaban J connectivity index is 2.19. The smallest absolute Gasteiger partial charge is 0.305 e. The van der Waals surface area contributed by atoms with E-state index in [9.17, 15) is 9.59 Å². The first-order chi connectivity index (χ1) is 8.58. The zero-order valence-corrected chi connectivity index (χ0v) is 11.1. The van der Waals surface area contributed by atoms with E-state index in [1.54, 1.807) is 6.92 Å². The molecule has 0 radical (unpaired) electrons. The van der Waals surface area contributed by atoms with Crippen molar-refractivity contribution >= 4 is 23.6 Å². The van der Waals surface area contributed by atoms with Crippen molar-refractivity contribution in [1.82, 2.24) is 5.32 Å². The third kappa shape index (κ3) is 6.30. The highest BCUT2D eigenvalue weighted by Crippen LogP contribution is 2.11. The van der Waals surface area contributed by atoms with Crippen molar-refractivity contribution in [2.24, 2.45) is 0 Å². The minimum absolute atomic E-state index is 0.0465. The van der Waals surface area contributed by atoms with Crippen molar-refractivity contribution in [2.45, 2.75) is 25.1 Å². The third-order valence-electron chi connectivity index (χ3n) is 2.23. The Morgan fingerprint density at radius 2 is 2.00 bits per heavy atom. The van der Waals surface area contributed by atoms with E-state index in [0.717, 1.165) is 5.75 Å². The summed E-state index contributed by atoms with van der Waals surface area (Å²) in [6.45, 7) is 1.69. The SMILES string of the molecule is CC(CC(=O)O)NC(=O)CSCc1ccccc1. The normalized spacial score (nSPS) is 11.8. The van der Waals surface area contributed by atoms with E-state index < -0.39 is 5.97 Å². The minimum Gasteiger partial charge on any atom is -0.481 e. The van der Waals surface area contributed by atoms with E-state index in [4.69, 9.17) is 5.11 Å². The molecule has 18 heavy (non-hydrogen) atoms. The van der Waals surface area contributed by atoms with Crippen LogP contribution in [0, 0.1) is 0 Å². The fraction of sp³-hybridized carbons (Fsp3) is 0.385. The highest BCUT2D eigenvalue weighted by atomic mass is 32.2. The van der Waals surface area contributed by atoms with Gasteiger partial charge >= 0.3 is 5.97 Å². The van der Waals surface area contributed by atoms with Gasteiger partial charge in [-0.2, -0.15) is 0 Å². The zero-order valence-electron chi connectivity index (χ0n) is 10.3. The third-order valence-corrected chi connectivity index (χ3v) is 3.24. The maximum absolute atomic E-state index is 11.5. The van der Waals surface area contributed by atoms with Crippen LogP contribution in [0.25, 0.3) is 0 Å². The Bertz CT molecular complexity index is 394. The van der Waals surface area contributed by atoms with Crippen molar-refractivity contribution in [3.63, 3.8) is 0 Å². The van der Waals surface area contributed by atoms with Crippen molar-refractivity contribution < 1.29 is 14.7 Å². The summed E-state index contributed by atoms with van der Waals surface area (Å²) in [6.07, 6.45) is -0.0465. The monoisotopic (exact) mass is 267 g/mol. The number of benzene rings is 1. The first-order valence-corrected chi connectivity index (χ1v) is 6.86. The maximum atomic E-state index is 11.5. The number of carboxylic acids is 1. The quantitative estimate of drug-likeness (QED) is 0.792. The van der Waals surface area contributed by atoms with Crippen molar-refractivity contribution in [3.8, 4) is 0 Å². The lowest BCUT2D eigenvalue weighted by molar-refractivity contribution is -0.137. The van der Waals surface area contributed by atoms with Crippen LogP contribution >= 0.6 is 11.8 Å². The predicted molar refractivity (Wildman–Crippen MR) is 72.5 cm³/mol. The lowest BCUT2D eigenvalue weighted by Gasteiger charge is -2.11. The molecule has 2 N–H and O–H groups in total. The molecule has 0 fully saturated rings. The summed E-state index contributed by atoms with van der Waals surface area (Å²) >= 11 is 1.52. The molecule has 1 aromatic carbocycles. The molecular weight excluding hydrogens is 250 g/mol. The number of carbonyl (C=O) groups is 2. The standard InChI is InChI=1S/C13H17NO3S/c1-10(7-13(16)17)14-12(15)9-18-8-11-5-3-2-4-6-11/h2-6,10H,7-9H2,1H3,(H,14,15)(H,16,17). The molecule has 1 atom stereocenters. The van der Waals surface area contributed by atoms with Crippen LogP contribution in [0.15, 0.2) is 30.3 Å². The molecule has 0 heterocycles. The van der Waals surface area contributed by atoms with Crippen LogP contribution in [-0.4, -0.2) is 28.8 Å². The van der Waals surface area contributed by atoms with Gasteiger partial charge in [0.2, 0.25) is 5.91 Å². The van der Waals surface area contributed by atoms with Crippen molar-refractivity contribution in [3.05, 3.63) is 35.9 Å². The molecule has 4 nitrogen and oxygen atoms in total. The van der Waals surface area contributed by atoms with E-state index in [1.165, 1.54) is 17.3 Å². The predicted octanol–water partition coefficient (Wildman–Crippen LogP) is 1.90. The van der Waals surface area contributed by atoms with Crippen molar-refractivity contribution in [2.75, 3.05) is 5.75 Å². The minimum atomic E-state index is -0.903. The van der Waals surface area contributed by atoms with Gasteiger partial charge in [0.25, 0.3) is 0 Å². The Kier molecular flexibility index (Phi) is 6.28. The second kappa shape index (κ2) is 7.76. The lowest BCUT2D eigenvalue weighted by Crippen LogP contribution is -2.35. The maximum Gasteiger partial charge on any atom is 0.305 e. The summed E-state index contributed by atoms with van der Waals surface area (Å²) < 4.78 is 0. The molecule has 0 aromatic heterocycles. The van der Waals surface area contributed by atoms with E-state index in [-0.39, 0.29) is 18.4 Å². The topological polar surface area (TPSA) is 66.4 Å². The van der Waals surface area contributed by atoms with E-state index in [1.807, 2.05) is 30.3 Å². The molecule has 0 aliphatic heterocycles. The summed E-state index contributed by atoms with van der Waals surface area (Å²) in [5.74, 6) is 0.102. The summed E-state index contributed by atoms with van der Waals surface area (Å²) in [4.78, 5) is 21.9. The van der Waals surface area contributed by atoms with E-state index >= 15 is 0 Å². The molecule has 0 bridgehead atoms. The Hall–Kier alpha value is -1.49. The van der Waals surface area contributed by atoms with E-state index in [2.05, 4.69) is 5.32 Å². The number of carboxylic acid groups (broad SMARTS) is 1. The molecule has 0 aliphatic carbocycles. The number of thioether (sulfide) groups is 1. The number of hydrogen-bond donors (Lipinski definition) is 2. The average Bonchev–Trinajstić information content (AvgIpc) is 2.29. The van der Waals surface area contributed by atoms with Gasteiger partial charge in [-0.15, -0.1) is 11.8 Å². The second-order valence-corrected chi connectivity index (χ2v) is 5.03. The molecule has 1 unspecified atom stereocenters. The average molecular weight is 267 g/mol. The molecule has 5 heteroatoms. The first-order valence-electron chi connectivity index (χ1n) is 5.70. The Morgan fingerprint density at radius 1 is 1.33 bits per heavy atom. The Morgan fingerprint density at radius 3 is 2.61 bits per heavy atom. The molecule has 0 spiro atoms. The highest BCUT2D eigenvalue weighted by Gasteiger charge is 2.10. The molecule has 0 aliphatic rings. The fourth-order valence-electron chi connectivity index (χ4n) is 1.47. The van der Waals surface area contributed by atoms with Gasteiger partial charge in [-0.1, -0.05) is 30.3 Å². The van der Waals surface area contributed by atoms with Gasteiger partial charge in [0, 0.05) is 11.8 Å². The number of carbonyl (C=O) groups excluding carboxylic acids is 1. The fourth-order valence-corrected chi connectivity index (χ4v) is 2.26. The summed E-state index contributed by atoms with van der Waals surface area (Å²) in [5, 5.41) is 11.2. The van der Waals surface area contributed by atoms with Crippen LogP contribution < -0.4 is 5.32 Å². The second-order valence-electron chi connectivity index (χ2n) is 4.04. The first kappa shape index (κ1) is 14.6. The van der Waals surface area contributed by atoms with Gasteiger partial charge < -0.3 is 10.4 Å². The van der Waals surface area contributed by atoms with Gasteiger partial charge in [0.15, 0.2) is 0 Å². The molecular formula is C13H17NO3S. The van der Waals surface area contributed by atoms with Crippen molar-refractivity contribution in [1.29, 1.82) is 0 Å².